The van der Waals surface area contributed by atoms with E-state index in [1.807, 2.05) is 0 Å². The third-order valence-corrected chi connectivity index (χ3v) is 3.91. The van der Waals surface area contributed by atoms with E-state index in [1.165, 1.54) is 5.32 Å². The minimum absolute atomic E-state index is 0.0338. The van der Waals surface area contributed by atoms with Crippen molar-refractivity contribution in [3.05, 3.63) is 58.3 Å². The van der Waals surface area contributed by atoms with E-state index in [-0.39, 0.29) is 10.2 Å². The predicted molar refractivity (Wildman–Crippen MR) is 81.9 cm³/mol. The van der Waals surface area contributed by atoms with Gasteiger partial charge in [-0.25, -0.2) is 31.5 Å². The number of benzene rings is 1. The standard InChI is InChI=1S/C16H6F10N4O/c1-4-2-6(15(22,23)16(24,25)26)30-7(27-4)3-5(29-30)14(31)28-13-11(20)9(18)8(17)10(19)12(13)21/h2-3H,1H3,(H,28,31). The van der Waals surface area contributed by atoms with E-state index in [0.717, 1.165) is 6.92 Å². The zero-order chi connectivity index (χ0) is 23.5. The normalized spacial score (nSPS) is 12.5. The summed E-state index contributed by atoms with van der Waals surface area (Å²) in [6.45, 7) is 1.07. The number of halogens is 10. The summed E-state index contributed by atoms with van der Waals surface area (Å²) < 4.78 is 133. The molecule has 0 aliphatic rings. The molecule has 0 spiro atoms. The fraction of sp³-hybridized carbons (Fsp3) is 0.188. The molecule has 0 aliphatic heterocycles. The van der Waals surface area contributed by atoms with E-state index in [9.17, 15) is 48.7 Å². The molecule has 0 bridgehead atoms. The molecule has 1 amide bonds. The molecule has 3 rings (SSSR count). The molecular weight excluding hydrogens is 454 g/mol. The van der Waals surface area contributed by atoms with Crippen LogP contribution in [0.5, 0.6) is 0 Å². The van der Waals surface area contributed by atoms with Gasteiger partial charge in [0.1, 0.15) is 11.4 Å². The summed E-state index contributed by atoms with van der Waals surface area (Å²) in [7, 11) is 0. The van der Waals surface area contributed by atoms with Crippen molar-refractivity contribution in [1.82, 2.24) is 14.6 Å². The highest BCUT2D eigenvalue weighted by Crippen LogP contribution is 2.43. The van der Waals surface area contributed by atoms with E-state index in [2.05, 4.69) is 10.1 Å². The fourth-order valence-corrected chi connectivity index (χ4v) is 2.47. The van der Waals surface area contributed by atoms with Crippen LogP contribution in [0.4, 0.5) is 49.6 Å². The molecule has 0 fully saturated rings. The molecule has 0 aliphatic carbocycles. The highest BCUT2D eigenvalue weighted by Gasteiger charge is 2.60. The number of aryl methyl sites for hydroxylation is 1. The van der Waals surface area contributed by atoms with Crippen molar-refractivity contribution in [2.45, 2.75) is 19.0 Å². The Labute approximate surface area is 164 Å². The zero-order valence-corrected chi connectivity index (χ0v) is 14.7. The Bertz CT molecular complexity index is 1190. The Morgan fingerprint density at radius 1 is 0.903 bits per heavy atom. The number of hydrogen-bond acceptors (Lipinski definition) is 3. The van der Waals surface area contributed by atoms with Crippen molar-refractivity contribution in [1.29, 1.82) is 0 Å². The van der Waals surface area contributed by atoms with Crippen molar-refractivity contribution in [3.63, 3.8) is 0 Å². The number of nitrogens with one attached hydrogen (secondary N) is 1. The molecule has 0 saturated carbocycles. The second-order valence-electron chi connectivity index (χ2n) is 6.05. The van der Waals surface area contributed by atoms with Crippen LogP contribution in [0.3, 0.4) is 0 Å². The average molecular weight is 460 g/mol. The lowest BCUT2D eigenvalue weighted by Crippen LogP contribution is -2.36. The number of carbonyl (C=O) groups excluding carboxylic acids is 1. The second-order valence-corrected chi connectivity index (χ2v) is 6.05. The van der Waals surface area contributed by atoms with E-state index in [1.54, 1.807) is 0 Å². The highest BCUT2D eigenvalue weighted by molar-refractivity contribution is 6.03. The summed E-state index contributed by atoms with van der Waals surface area (Å²) in [5.41, 5.74) is -5.50. The monoisotopic (exact) mass is 460 g/mol. The van der Waals surface area contributed by atoms with Gasteiger partial charge in [-0.15, -0.1) is 0 Å². The third kappa shape index (κ3) is 3.53. The van der Waals surface area contributed by atoms with Gasteiger partial charge in [0.2, 0.25) is 5.82 Å². The molecule has 2 aromatic heterocycles. The van der Waals surface area contributed by atoms with Gasteiger partial charge in [0.25, 0.3) is 5.91 Å². The fourth-order valence-electron chi connectivity index (χ4n) is 2.47. The van der Waals surface area contributed by atoms with Crippen molar-refractivity contribution < 1.29 is 48.7 Å². The minimum Gasteiger partial charge on any atom is -0.315 e. The lowest BCUT2D eigenvalue weighted by Gasteiger charge is -2.20. The quantitative estimate of drug-likeness (QED) is 0.352. The summed E-state index contributed by atoms with van der Waals surface area (Å²) in [5.74, 6) is -19.2. The molecule has 0 saturated heterocycles. The zero-order valence-electron chi connectivity index (χ0n) is 14.7. The molecule has 31 heavy (non-hydrogen) atoms. The number of nitrogens with zero attached hydrogens (tertiary/aromatic N) is 3. The molecule has 1 aromatic carbocycles. The van der Waals surface area contributed by atoms with Crippen molar-refractivity contribution in [2.75, 3.05) is 5.32 Å². The SMILES string of the molecule is Cc1cc(C(F)(F)C(F)(F)F)n2nc(C(=O)Nc3c(F)c(F)c(F)c(F)c3F)cc2n1. The number of hydrogen-bond donors (Lipinski definition) is 1. The Morgan fingerprint density at radius 3 is 1.94 bits per heavy atom. The minimum atomic E-state index is -6.04. The second kappa shape index (κ2) is 7.09. The van der Waals surface area contributed by atoms with E-state index < -0.39 is 69.8 Å². The summed E-state index contributed by atoms with van der Waals surface area (Å²) >= 11 is 0. The highest BCUT2D eigenvalue weighted by atomic mass is 19.4. The number of anilines is 1. The summed E-state index contributed by atoms with van der Waals surface area (Å²) in [5, 5.41) is 4.53. The number of alkyl halides is 5. The van der Waals surface area contributed by atoms with Gasteiger partial charge in [-0.05, 0) is 13.0 Å². The molecule has 0 atom stereocenters. The Hall–Kier alpha value is -3.39. The topological polar surface area (TPSA) is 59.3 Å². The molecule has 0 unspecified atom stereocenters. The predicted octanol–water partition coefficient (Wildman–Crippen LogP) is 4.64. The molecule has 3 aromatic rings. The molecule has 2 heterocycles. The van der Waals surface area contributed by atoms with Crippen LogP contribution < -0.4 is 5.32 Å². The van der Waals surface area contributed by atoms with Gasteiger partial charge >= 0.3 is 12.1 Å². The van der Waals surface area contributed by atoms with Crippen LogP contribution in [0.15, 0.2) is 12.1 Å². The maximum atomic E-state index is 13.8. The molecular formula is C16H6F10N4O. The molecule has 166 valence electrons. The summed E-state index contributed by atoms with van der Waals surface area (Å²) in [6, 6.07) is 0.920. The van der Waals surface area contributed by atoms with Crippen LogP contribution in [0.2, 0.25) is 0 Å². The number of aromatic nitrogens is 3. The van der Waals surface area contributed by atoms with E-state index in [4.69, 9.17) is 0 Å². The number of carbonyl (C=O) groups is 1. The first kappa shape index (κ1) is 22.3. The number of rotatable bonds is 3. The Balaban J connectivity index is 2.10. The largest absolute Gasteiger partial charge is 0.459 e. The van der Waals surface area contributed by atoms with Gasteiger partial charge in [-0.1, -0.05) is 0 Å². The Kier molecular flexibility index (Phi) is 5.10. The van der Waals surface area contributed by atoms with Gasteiger partial charge in [0.05, 0.1) is 0 Å². The summed E-state index contributed by atoms with van der Waals surface area (Å²) in [4.78, 5) is 15.8. The molecule has 0 radical (unpaired) electrons. The van der Waals surface area contributed by atoms with Crippen molar-refractivity contribution >= 4 is 17.2 Å². The van der Waals surface area contributed by atoms with Gasteiger partial charge in [0, 0.05) is 11.8 Å². The van der Waals surface area contributed by atoms with Crippen LogP contribution >= 0.6 is 0 Å². The van der Waals surface area contributed by atoms with E-state index >= 15 is 0 Å². The van der Waals surface area contributed by atoms with Gasteiger partial charge in [0.15, 0.2) is 34.6 Å². The van der Waals surface area contributed by atoms with Gasteiger partial charge in [-0.3, -0.25) is 4.79 Å². The lowest BCUT2D eigenvalue weighted by atomic mass is 10.2. The molecule has 1 N–H and O–H groups in total. The number of amides is 1. The first-order chi connectivity index (χ1) is 14.2. The van der Waals surface area contributed by atoms with Crippen molar-refractivity contribution in [2.24, 2.45) is 0 Å². The summed E-state index contributed by atoms with van der Waals surface area (Å²) in [6.07, 6.45) is -6.04. The first-order valence-electron chi connectivity index (χ1n) is 7.82. The average Bonchev–Trinajstić information content (AvgIpc) is 3.10. The number of fused-ring (bicyclic) bond motifs is 1. The smallest absolute Gasteiger partial charge is 0.315 e. The van der Waals surface area contributed by atoms with Crippen LogP contribution in [0.25, 0.3) is 5.65 Å². The van der Waals surface area contributed by atoms with Crippen LogP contribution in [0.1, 0.15) is 21.9 Å². The van der Waals surface area contributed by atoms with E-state index in [0.29, 0.717) is 12.1 Å². The van der Waals surface area contributed by atoms with Crippen LogP contribution in [-0.4, -0.2) is 26.7 Å². The van der Waals surface area contributed by atoms with Gasteiger partial charge < -0.3 is 5.32 Å². The van der Waals surface area contributed by atoms with Gasteiger partial charge in [-0.2, -0.15) is 27.1 Å². The van der Waals surface area contributed by atoms with Crippen LogP contribution in [-0.2, 0) is 5.92 Å². The maximum Gasteiger partial charge on any atom is 0.459 e. The Morgan fingerprint density at radius 2 is 1.42 bits per heavy atom. The van der Waals surface area contributed by atoms with Crippen molar-refractivity contribution in [3.8, 4) is 0 Å². The molecule has 15 heteroatoms. The third-order valence-electron chi connectivity index (χ3n) is 3.91. The maximum absolute atomic E-state index is 13.8. The van der Waals surface area contributed by atoms with Crippen LogP contribution in [0, 0.1) is 36.0 Å². The first-order valence-corrected chi connectivity index (χ1v) is 7.82. The molecule has 5 nitrogen and oxygen atoms in total. The lowest BCUT2D eigenvalue weighted by molar-refractivity contribution is -0.291.